The first-order chi connectivity index (χ1) is 11.0. The number of aliphatic carboxylic acids is 1. The van der Waals surface area contributed by atoms with Gasteiger partial charge in [0.25, 0.3) is 5.91 Å². The molecule has 0 bridgehead atoms. The average molecular weight is 313 g/mol. The summed E-state index contributed by atoms with van der Waals surface area (Å²) >= 11 is 0. The van der Waals surface area contributed by atoms with Crippen LogP contribution < -0.4 is 5.32 Å². The third kappa shape index (κ3) is 5.24. The van der Waals surface area contributed by atoms with Crippen molar-refractivity contribution in [2.75, 3.05) is 6.54 Å². The van der Waals surface area contributed by atoms with Crippen LogP contribution in [0.25, 0.3) is 0 Å². The molecule has 0 aliphatic heterocycles. The van der Waals surface area contributed by atoms with Crippen LogP contribution in [0.1, 0.15) is 16.8 Å². The Bertz CT molecular complexity index is 709. The van der Waals surface area contributed by atoms with Gasteiger partial charge in [0.05, 0.1) is 17.8 Å². The molecule has 0 aliphatic rings. The van der Waals surface area contributed by atoms with Crippen molar-refractivity contribution in [2.24, 2.45) is 10.2 Å². The van der Waals surface area contributed by atoms with Gasteiger partial charge in [0.15, 0.2) is 0 Å². The lowest BCUT2D eigenvalue weighted by atomic mass is 10.2. The lowest BCUT2D eigenvalue weighted by Gasteiger charge is -2.03. The molecular formula is C16H15N3O4. The lowest BCUT2D eigenvalue weighted by Crippen LogP contribution is -2.25. The Morgan fingerprint density at radius 3 is 1.96 bits per heavy atom. The van der Waals surface area contributed by atoms with Gasteiger partial charge in [-0.2, -0.15) is 10.2 Å². The van der Waals surface area contributed by atoms with Crippen molar-refractivity contribution in [2.45, 2.75) is 6.42 Å². The normalized spacial score (nSPS) is 10.6. The highest BCUT2D eigenvalue weighted by Gasteiger charge is 2.05. The van der Waals surface area contributed by atoms with E-state index in [0.29, 0.717) is 16.9 Å². The van der Waals surface area contributed by atoms with Gasteiger partial charge in [0, 0.05) is 12.1 Å². The molecule has 1 amide bonds. The lowest BCUT2D eigenvalue weighted by molar-refractivity contribution is -0.136. The molecule has 0 radical (unpaired) electrons. The Labute approximate surface area is 132 Å². The molecule has 118 valence electrons. The summed E-state index contributed by atoms with van der Waals surface area (Å²) in [6, 6.07) is 12.7. The fourth-order valence-corrected chi connectivity index (χ4v) is 1.70. The summed E-state index contributed by atoms with van der Waals surface area (Å²) in [7, 11) is 0. The summed E-state index contributed by atoms with van der Waals surface area (Å²) in [5, 5.41) is 28.2. The van der Waals surface area contributed by atoms with Crippen molar-refractivity contribution in [3.8, 4) is 5.75 Å². The smallest absolute Gasteiger partial charge is 0.305 e. The molecule has 0 atom stereocenters. The number of amides is 1. The quantitative estimate of drug-likeness (QED) is 0.712. The van der Waals surface area contributed by atoms with E-state index in [1.54, 1.807) is 36.4 Å². The van der Waals surface area contributed by atoms with Crippen LogP contribution in [0.5, 0.6) is 5.75 Å². The van der Waals surface area contributed by atoms with E-state index in [4.69, 9.17) is 5.11 Å². The van der Waals surface area contributed by atoms with Crippen molar-refractivity contribution in [1.29, 1.82) is 0 Å². The number of benzene rings is 2. The van der Waals surface area contributed by atoms with Gasteiger partial charge in [0.1, 0.15) is 5.75 Å². The maximum absolute atomic E-state index is 11.8. The molecule has 0 saturated heterocycles. The minimum atomic E-state index is -0.963. The number of nitrogens with one attached hydrogen (secondary N) is 1. The van der Waals surface area contributed by atoms with Gasteiger partial charge in [-0.25, -0.2) is 0 Å². The van der Waals surface area contributed by atoms with Crippen LogP contribution in [0.3, 0.4) is 0 Å². The van der Waals surface area contributed by atoms with E-state index in [-0.39, 0.29) is 24.6 Å². The molecule has 2 rings (SSSR count). The van der Waals surface area contributed by atoms with Gasteiger partial charge in [-0.15, -0.1) is 0 Å². The van der Waals surface area contributed by atoms with Crippen LogP contribution in [-0.4, -0.2) is 28.6 Å². The van der Waals surface area contributed by atoms with E-state index in [9.17, 15) is 14.7 Å². The highest BCUT2D eigenvalue weighted by atomic mass is 16.4. The molecule has 0 saturated carbocycles. The first-order valence-corrected chi connectivity index (χ1v) is 6.85. The Morgan fingerprint density at radius 1 is 0.913 bits per heavy atom. The molecule has 0 fully saturated rings. The summed E-state index contributed by atoms with van der Waals surface area (Å²) in [5.74, 6) is -1.15. The standard InChI is InChI=1S/C16H15N3O4/c20-14-7-5-13(6-8-14)19-18-12-3-1-11(2-4-12)16(23)17-10-9-15(21)22/h1-8,20H,9-10H2,(H,17,23)(H,21,22). The number of hydrogen-bond acceptors (Lipinski definition) is 5. The molecule has 2 aromatic carbocycles. The average Bonchev–Trinajstić information content (AvgIpc) is 2.54. The second-order valence-electron chi connectivity index (χ2n) is 4.66. The van der Waals surface area contributed by atoms with Gasteiger partial charge in [0.2, 0.25) is 0 Å². The van der Waals surface area contributed by atoms with Crippen molar-refractivity contribution in [3.63, 3.8) is 0 Å². The molecule has 0 aliphatic carbocycles. The van der Waals surface area contributed by atoms with Crippen LogP contribution in [0.4, 0.5) is 11.4 Å². The summed E-state index contributed by atoms with van der Waals surface area (Å²) in [4.78, 5) is 22.1. The van der Waals surface area contributed by atoms with Crippen molar-refractivity contribution in [1.82, 2.24) is 5.32 Å². The first-order valence-electron chi connectivity index (χ1n) is 6.85. The Kier molecular flexibility index (Phi) is 5.40. The minimum absolute atomic E-state index is 0.0798. The Hall–Kier alpha value is -3.22. The van der Waals surface area contributed by atoms with Gasteiger partial charge in [-0.05, 0) is 48.5 Å². The number of carbonyl (C=O) groups is 2. The molecule has 0 spiro atoms. The van der Waals surface area contributed by atoms with Gasteiger partial charge in [-0.3, -0.25) is 9.59 Å². The molecule has 7 heteroatoms. The number of hydrogen-bond donors (Lipinski definition) is 3. The zero-order chi connectivity index (χ0) is 16.7. The molecule has 7 nitrogen and oxygen atoms in total. The topological polar surface area (TPSA) is 111 Å². The highest BCUT2D eigenvalue weighted by Crippen LogP contribution is 2.20. The van der Waals surface area contributed by atoms with E-state index < -0.39 is 5.97 Å². The predicted molar refractivity (Wildman–Crippen MR) is 83.3 cm³/mol. The number of aromatic hydroxyl groups is 1. The number of azo groups is 1. The first kappa shape index (κ1) is 16.2. The molecule has 3 N–H and O–H groups in total. The molecule has 0 heterocycles. The summed E-state index contributed by atoms with van der Waals surface area (Å²) < 4.78 is 0. The molecule has 23 heavy (non-hydrogen) atoms. The third-order valence-corrected chi connectivity index (χ3v) is 2.88. The maximum atomic E-state index is 11.8. The van der Waals surface area contributed by atoms with E-state index in [1.807, 2.05) is 0 Å². The number of carbonyl (C=O) groups excluding carboxylic acids is 1. The largest absolute Gasteiger partial charge is 0.508 e. The van der Waals surface area contributed by atoms with Crippen LogP contribution in [0.2, 0.25) is 0 Å². The Morgan fingerprint density at radius 2 is 1.43 bits per heavy atom. The van der Waals surface area contributed by atoms with Crippen LogP contribution >= 0.6 is 0 Å². The fourth-order valence-electron chi connectivity index (χ4n) is 1.70. The van der Waals surface area contributed by atoms with Crippen molar-refractivity contribution < 1.29 is 19.8 Å². The van der Waals surface area contributed by atoms with Crippen LogP contribution in [0, 0.1) is 0 Å². The van der Waals surface area contributed by atoms with E-state index >= 15 is 0 Å². The van der Waals surface area contributed by atoms with Crippen LogP contribution in [0.15, 0.2) is 58.8 Å². The zero-order valence-electron chi connectivity index (χ0n) is 12.1. The molecule has 2 aromatic rings. The SMILES string of the molecule is O=C(O)CCNC(=O)c1ccc(N=Nc2ccc(O)cc2)cc1. The van der Waals surface area contributed by atoms with E-state index in [2.05, 4.69) is 15.5 Å². The Balaban J connectivity index is 1.94. The number of phenolic OH excluding ortho intramolecular Hbond substituents is 1. The second kappa shape index (κ2) is 7.69. The van der Waals surface area contributed by atoms with Crippen molar-refractivity contribution in [3.05, 3.63) is 54.1 Å². The summed E-state index contributed by atoms with van der Waals surface area (Å²) in [5.41, 5.74) is 1.58. The molecule has 0 unspecified atom stereocenters. The van der Waals surface area contributed by atoms with E-state index in [0.717, 1.165) is 0 Å². The number of carboxylic acid groups (broad SMARTS) is 1. The molecule has 0 aromatic heterocycles. The van der Waals surface area contributed by atoms with Gasteiger partial charge in [-0.1, -0.05) is 0 Å². The minimum Gasteiger partial charge on any atom is -0.508 e. The van der Waals surface area contributed by atoms with Crippen LogP contribution in [-0.2, 0) is 4.79 Å². The molecular weight excluding hydrogens is 298 g/mol. The van der Waals surface area contributed by atoms with Gasteiger partial charge < -0.3 is 15.5 Å². The monoisotopic (exact) mass is 313 g/mol. The fraction of sp³-hybridized carbons (Fsp3) is 0.125. The van der Waals surface area contributed by atoms with Crippen molar-refractivity contribution >= 4 is 23.3 Å². The number of phenols is 1. The van der Waals surface area contributed by atoms with Gasteiger partial charge >= 0.3 is 5.97 Å². The number of nitrogens with zero attached hydrogens (tertiary/aromatic N) is 2. The predicted octanol–water partition coefficient (Wildman–Crippen LogP) is 3.01. The summed E-state index contributed by atoms with van der Waals surface area (Å²) in [6.07, 6.45) is -0.120. The number of rotatable bonds is 6. The third-order valence-electron chi connectivity index (χ3n) is 2.88. The number of carboxylic acids is 1. The highest BCUT2D eigenvalue weighted by molar-refractivity contribution is 5.94. The second-order valence-corrected chi connectivity index (χ2v) is 4.66. The zero-order valence-corrected chi connectivity index (χ0v) is 12.1. The van der Waals surface area contributed by atoms with E-state index in [1.165, 1.54) is 12.1 Å². The summed E-state index contributed by atoms with van der Waals surface area (Å²) in [6.45, 7) is 0.0798. The maximum Gasteiger partial charge on any atom is 0.305 e.